The third-order valence-corrected chi connectivity index (χ3v) is 7.17. The number of fused-ring (bicyclic) bond motifs is 1. The fourth-order valence-corrected chi connectivity index (χ4v) is 5.08. The Morgan fingerprint density at radius 3 is 2.50 bits per heavy atom. The number of aliphatic hydroxyl groups is 1. The molecule has 2 aromatic carbocycles. The topological polar surface area (TPSA) is 94.6 Å². The van der Waals surface area contributed by atoms with Crippen LogP contribution in [0.4, 0.5) is 34.8 Å². The van der Waals surface area contributed by atoms with E-state index in [2.05, 4.69) is 15.6 Å². The van der Waals surface area contributed by atoms with E-state index in [1.54, 1.807) is 24.3 Å². The predicted molar refractivity (Wildman–Crippen MR) is 151 cm³/mol. The second kappa shape index (κ2) is 12.2. The quantitative estimate of drug-likeness (QED) is 0.197. The number of pyridine rings is 1. The van der Waals surface area contributed by atoms with Gasteiger partial charge in [0, 0.05) is 48.1 Å². The molecule has 11 heteroatoms. The fourth-order valence-electron chi connectivity index (χ4n) is 5.08. The lowest BCUT2D eigenvalue weighted by molar-refractivity contribution is -0.141. The Kier molecular flexibility index (Phi) is 8.39. The molecule has 1 saturated heterocycles. The van der Waals surface area contributed by atoms with E-state index in [9.17, 15) is 32.3 Å². The van der Waals surface area contributed by atoms with Crippen LogP contribution in [0.15, 0.2) is 72.8 Å². The summed E-state index contributed by atoms with van der Waals surface area (Å²) in [6.07, 6.45) is 1.06. The summed E-state index contributed by atoms with van der Waals surface area (Å²) in [7, 11) is 0. The predicted octanol–water partition coefficient (Wildman–Crippen LogP) is 5.71. The van der Waals surface area contributed by atoms with E-state index in [1.807, 2.05) is 4.90 Å². The van der Waals surface area contributed by atoms with Gasteiger partial charge in [-0.2, -0.15) is 13.2 Å². The largest absolute Gasteiger partial charge is 0.433 e. The summed E-state index contributed by atoms with van der Waals surface area (Å²) in [6, 6.07) is 12.8. The second-order valence-corrected chi connectivity index (χ2v) is 10.1. The fraction of sp³-hybridized carbons (Fsp3) is 0.258. The summed E-state index contributed by atoms with van der Waals surface area (Å²) < 4.78 is 54.6. The van der Waals surface area contributed by atoms with Gasteiger partial charge in [-0.25, -0.2) is 9.37 Å². The molecule has 1 unspecified atom stereocenters. The average molecular weight is 581 g/mol. The minimum atomic E-state index is -4.63. The van der Waals surface area contributed by atoms with Crippen molar-refractivity contribution in [1.82, 2.24) is 4.98 Å². The van der Waals surface area contributed by atoms with Crippen molar-refractivity contribution in [2.45, 2.75) is 38.0 Å². The standard InChI is InChI=1S/C31H28F4N4O3/c32-20-12-10-19(11-13-20)21(22-14-15-27(31(33,34)35)38-29(22)39-16-2-1-3-17-39)6-4-9-28(41)36-24-7-5-8-25-23(24)18-26(40)30(42)37-25/h4-15,26,40H,1-3,16-18H2,(H,36,41)(H,37,42). The Labute approximate surface area is 239 Å². The number of rotatable bonds is 6. The summed E-state index contributed by atoms with van der Waals surface area (Å²) in [5.74, 6) is -1.32. The molecule has 5 rings (SSSR count). The number of halogens is 4. The van der Waals surface area contributed by atoms with Gasteiger partial charge < -0.3 is 20.6 Å². The maximum absolute atomic E-state index is 13.8. The maximum atomic E-state index is 13.8. The lowest BCUT2D eigenvalue weighted by atomic mass is 9.96. The first-order valence-corrected chi connectivity index (χ1v) is 13.5. The number of aliphatic hydroxyl groups excluding tert-OH is 1. The molecule has 218 valence electrons. The van der Waals surface area contributed by atoms with E-state index >= 15 is 0 Å². The molecule has 2 amide bonds. The van der Waals surface area contributed by atoms with Crippen LogP contribution in [0.2, 0.25) is 0 Å². The molecule has 3 aromatic rings. The number of hydrogen-bond acceptors (Lipinski definition) is 5. The van der Waals surface area contributed by atoms with E-state index in [0.29, 0.717) is 46.7 Å². The van der Waals surface area contributed by atoms with Gasteiger partial charge in [0.05, 0.1) is 0 Å². The van der Waals surface area contributed by atoms with Gasteiger partial charge in [0.2, 0.25) is 5.91 Å². The van der Waals surface area contributed by atoms with Gasteiger partial charge in [-0.15, -0.1) is 0 Å². The number of benzene rings is 2. The summed E-state index contributed by atoms with van der Waals surface area (Å²) in [5.41, 5.74) is 1.90. The monoisotopic (exact) mass is 580 g/mol. The van der Waals surface area contributed by atoms with E-state index in [4.69, 9.17) is 0 Å². The van der Waals surface area contributed by atoms with Crippen molar-refractivity contribution in [3.63, 3.8) is 0 Å². The minimum absolute atomic E-state index is 0.0378. The van der Waals surface area contributed by atoms with E-state index in [-0.39, 0.29) is 12.2 Å². The molecule has 0 radical (unpaired) electrons. The van der Waals surface area contributed by atoms with Crippen molar-refractivity contribution in [3.05, 3.63) is 101 Å². The van der Waals surface area contributed by atoms with Crippen LogP contribution in [-0.2, 0) is 22.2 Å². The summed E-state index contributed by atoms with van der Waals surface area (Å²) >= 11 is 0. The number of carbonyl (C=O) groups excluding carboxylic acids is 2. The third-order valence-electron chi connectivity index (χ3n) is 7.17. The number of alkyl halides is 3. The number of nitrogens with zero attached hydrogens (tertiary/aromatic N) is 2. The van der Waals surface area contributed by atoms with Gasteiger partial charge in [-0.1, -0.05) is 30.4 Å². The molecule has 42 heavy (non-hydrogen) atoms. The number of piperidine rings is 1. The van der Waals surface area contributed by atoms with Gasteiger partial charge in [0.1, 0.15) is 23.4 Å². The van der Waals surface area contributed by atoms with E-state index in [1.165, 1.54) is 42.5 Å². The van der Waals surface area contributed by atoms with E-state index in [0.717, 1.165) is 25.3 Å². The Morgan fingerprint density at radius 2 is 1.79 bits per heavy atom. The summed E-state index contributed by atoms with van der Waals surface area (Å²) in [4.78, 5) is 30.5. The third kappa shape index (κ3) is 6.52. The summed E-state index contributed by atoms with van der Waals surface area (Å²) in [5, 5.41) is 15.3. The molecular formula is C31H28F4N4O3. The van der Waals surface area contributed by atoms with Crippen LogP contribution in [0.5, 0.6) is 0 Å². The molecule has 3 heterocycles. The first-order chi connectivity index (χ1) is 20.1. The van der Waals surface area contributed by atoms with Gasteiger partial charge in [-0.05, 0) is 66.8 Å². The molecular weight excluding hydrogens is 552 g/mol. The summed E-state index contributed by atoms with van der Waals surface area (Å²) in [6.45, 7) is 1.10. The van der Waals surface area contributed by atoms with Crippen LogP contribution < -0.4 is 15.5 Å². The Bertz CT molecular complexity index is 1540. The van der Waals surface area contributed by atoms with Crippen molar-refractivity contribution in [2.75, 3.05) is 28.6 Å². The highest BCUT2D eigenvalue weighted by molar-refractivity contribution is 6.03. The molecule has 3 N–H and O–H groups in total. The van der Waals surface area contributed by atoms with Crippen LogP contribution in [0.1, 0.15) is 41.6 Å². The molecule has 0 saturated carbocycles. The minimum Gasteiger partial charge on any atom is -0.383 e. The zero-order valence-corrected chi connectivity index (χ0v) is 22.4. The van der Waals surface area contributed by atoms with Crippen LogP contribution in [0, 0.1) is 5.82 Å². The number of amides is 2. The highest BCUT2D eigenvalue weighted by Gasteiger charge is 2.34. The number of carbonyl (C=O) groups is 2. The SMILES string of the molecule is O=C(C=CC=C(c1ccc(F)cc1)c1ccc(C(F)(F)F)nc1N1CCCCC1)Nc1cccc2c1CC(O)C(=O)N2. The molecule has 2 aliphatic heterocycles. The van der Waals surface area contributed by atoms with Crippen molar-refractivity contribution < 1.29 is 32.3 Å². The average Bonchev–Trinajstić information content (AvgIpc) is 2.97. The Morgan fingerprint density at radius 1 is 1.05 bits per heavy atom. The number of hydrogen-bond donors (Lipinski definition) is 3. The smallest absolute Gasteiger partial charge is 0.383 e. The van der Waals surface area contributed by atoms with Crippen LogP contribution in [0.25, 0.3) is 5.57 Å². The normalized spacial score (nSPS) is 17.6. The highest BCUT2D eigenvalue weighted by Crippen LogP contribution is 2.36. The first kappa shape index (κ1) is 29.0. The molecule has 2 aliphatic rings. The maximum Gasteiger partial charge on any atom is 0.433 e. The number of nitrogens with one attached hydrogen (secondary N) is 2. The number of aromatic nitrogens is 1. The van der Waals surface area contributed by atoms with Crippen molar-refractivity contribution in [1.29, 1.82) is 0 Å². The molecule has 0 bridgehead atoms. The molecule has 1 atom stereocenters. The molecule has 1 aromatic heterocycles. The molecule has 0 spiro atoms. The van der Waals surface area contributed by atoms with Crippen LogP contribution >= 0.6 is 0 Å². The Balaban J connectivity index is 1.49. The van der Waals surface area contributed by atoms with Crippen molar-refractivity contribution in [2.24, 2.45) is 0 Å². The Hall–Kier alpha value is -4.51. The first-order valence-electron chi connectivity index (χ1n) is 13.5. The molecule has 1 fully saturated rings. The highest BCUT2D eigenvalue weighted by atomic mass is 19.4. The molecule has 7 nitrogen and oxygen atoms in total. The van der Waals surface area contributed by atoms with Gasteiger partial charge in [0.15, 0.2) is 0 Å². The zero-order chi connectivity index (χ0) is 29.9. The van der Waals surface area contributed by atoms with Gasteiger partial charge in [0.25, 0.3) is 5.91 Å². The second-order valence-electron chi connectivity index (χ2n) is 10.1. The van der Waals surface area contributed by atoms with E-state index < -0.39 is 35.6 Å². The van der Waals surface area contributed by atoms with Crippen molar-refractivity contribution in [3.8, 4) is 0 Å². The lowest BCUT2D eigenvalue weighted by Crippen LogP contribution is -2.34. The zero-order valence-electron chi connectivity index (χ0n) is 22.4. The van der Waals surface area contributed by atoms with Crippen LogP contribution in [-0.4, -0.2) is 41.1 Å². The number of anilines is 3. The number of allylic oxidation sites excluding steroid dienone is 2. The van der Waals surface area contributed by atoms with Gasteiger partial charge in [-0.3, -0.25) is 9.59 Å². The van der Waals surface area contributed by atoms with Crippen molar-refractivity contribution >= 4 is 34.6 Å². The van der Waals surface area contributed by atoms with Gasteiger partial charge >= 0.3 is 6.18 Å². The van der Waals surface area contributed by atoms with Crippen LogP contribution in [0.3, 0.4) is 0 Å². The lowest BCUT2D eigenvalue weighted by Gasteiger charge is -2.30. The molecule has 0 aliphatic carbocycles.